The van der Waals surface area contributed by atoms with Crippen LogP contribution in [-0.2, 0) is 4.79 Å². The van der Waals surface area contributed by atoms with Gasteiger partial charge in [-0.15, -0.1) is 0 Å². The van der Waals surface area contributed by atoms with Crippen LogP contribution in [0.3, 0.4) is 0 Å². The molecule has 0 saturated carbocycles. The number of benzene rings is 2. The van der Waals surface area contributed by atoms with E-state index in [-0.39, 0.29) is 12.5 Å². The first-order valence-electron chi connectivity index (χ1n) is 8.15. The van der Waals surface area contributed by atoms with Crippen molar-refractivity contribution in [1.29, 1.82) is 0 Å². The maximum absolute atomic E-state index is 12.1. The fourth-order valence-corrected chi connectivity index (χ4v) is 2.53. The van der Waals surface area contributed by atoms with Crippen LogP contribution < -0.4 is 15.4 Å². The second-order valence-corrected chi connectivity index (χ2v) is 6.93. The van der Waals surface area contributed by atoms with Crippen LogP contribution in [0.5, 0.6) is 5.75 Å². The van der Waals surface area contributed by atoms with Crippen molar-refractivity contribution < 1.29 is 9.53 Å². The summed E-state index contributed by atoms with van der Waals surface area (Å²) >= 11 is 11.9. The summed E-state index contributed by atoms with van der Waals surface area (Å²) in [5, 5.41) is 6.75. The van der Waals surface area contributed by atoms with Crippen LogP contribution in [0.25, 0.3) is 0 Å². The molecule has 2 aromatic rings. The summed E-state index contributed by atoms with van der Waals surface area (Å²) in [5.74, 6) is 1.19. The van der Waals surface area contributed by atoms with E-state index in [1.54, 1.807) is 18.2 Å². The van der Waals surface area contributed by atoms with E-state index < -0.39 is 0 Å². The summed E-state index contributed by atoms with van der Waals surface area (Å²) in [6.45, 7) is 5.12. The number of anilines is 2. The lowest BCUT2D eigenvalue weighted by Gasteiger charge is -2.11. The second-order valence-electron chi connectivity index (χ2n) is 6.08. The molecule has 0 aliphatic carbocycles. The van der Waals surface area contributed by atoms with Gasteiger partial charge in [0, 0.05) is 16.8 Å². The van der Waals surface area contributed by atoms with Gasteiger partial charge in [-0.1, -0.05) is 43.1 Å². The number of amides is 1. The summed E-state index contributed by atoms with van der Waals surface area (Å²) < 4.78 is 5.72. The van der Waals surface area contributed by atoms with Gasteiger partial charge < -0.3 is 15.4 Å². The van der Waals surface area contributed by atoms with Gasteiger partial charge in [0.05, 0.1) is 23.9 Å². The molecule has 0 fully saturated rings. The Morgan fingerprint density at radius 2 is 1.96 bits per heavy atom. The first kappa shape index (κ1) is 19.4. The van der Waals surface area contributed by atoms with Crippen LogP contribution in [0.15, 0.2) is 42.5 Å². The normalized spacial score (nSPS) is 10.6. The number of hydrogen-bond acceptors (Lipinski definition) is 3. The van der Waals surface area contributed by atoms with Crippen molar-refractivity contribution in [3.8, 4) is 5.75 Å². The molecule has 2 rings (SSSR count). The number of rotatable bonds is 8. The van der Waals surface area contributed by atoms with Crippen LogP contribution in [-0.4, -0.2) is 19.1 Å². The third kappa shape index (κ3) is 6.85. The number of halogens is 2. The van der Waals surface area contributed by atoms with Crippen molar-refractivity contribution >= 4 is 40.5 Å². The van der Waals surface area contributed by atoms with Gasteiger partial charge in [0.25, 0.3) is 0 Å². The molecule has 0 aliphatic rings. The summed E-state index contributed by atoms with van der Waals surface area (Å²) in [6, 6.07) is 12.5. The maximum atomic E-state index is 12.1. The minimum Gasteiger partial charge on any atom is -0.494 e. The Morgan fingerprint density at radius 3 is 2.68 bits per heavy atom. The molecule has 0 spiro atoms. The summed E-state index contributed by atoms with van der Waals surface area (Å²) in [5.41, 5.74) is 1.35. The highest BCUT2D eigenvalue weighted by Gasteiger charge is 2.07. The molecule has 0 heterocycles. The lowest BCUT2D eigenvalue weighted by molar-refractivity contribution is -0.114. The molecule has 0 unspecified atom stereocenters. The van der Waals surface area contributed by atoms with Crippen molar-refractivity contribution in [1.82, 2.24) is 0 Å². The van der Waals surface area contributed by atoms with E-state index in [4.69, 9.17) is 27.9 Å². The molecule has 134 valence electrons. The van der Waals surface area contributed by atoms with Gasteiger partial charge in [-0.05, 0) is 42.7 Å². The Morgan fingerprint density at radius 1 is 1.16 bits per heavy atom. The molecular formula is C19H22Cl2N2O2. The van der Waals surface area contributed by atoms with E-state index >= 15 is 0 Å². The zero-order chi connectivity index (χ0) is 18.2. The van der Waals surface area contributed by atoms with Crippen molar-refractivity contribution in [2.75, 3.05) is 23.8 Å². The fraction of sp³-hybridized carbons (Fsp3) is 0.316. The molecule has 0 radical (unpaired) electrons. The van der Waals surface area contributed by atoms with Crippen LogP contribution in [0.1, 0.15) is 20.3 Å². The Kier molecular flexibility index (Phi) is 7.41. The lowest BCUT2D eigenvalue weighted by Crippen LogP contribution is -2.21. The predicted molar refractivity (Wildman–Crippen MR) is 105 cm³/mol. The lowest BCUT2D eigenvalue weighted by atomic mass is 10.1. The molecule has 25 heavy (non-hydrogen) atoms. The molecule has 0 atom stereocenters. The molecule has 2 aromatic carbocycles. The topological polar surface area (TPSA) is 50.4 Å². The molecule has 0 bridgehead atoms. The highest BCUT2D eigenvalue weighted by Crippen LogP contribution is 2.25. The summed E-state index contributed by atoms with van der Waals surface area (Å²) in [4.78, 5) is 12.1. The van der Waals surface area contributed by atoms with E-state index in [9.17, 15) is 4.79 Å². The Hall–Kier alpha value is -1.91. The average molecular weight is 381 g/mol. The standard InChI is InChI=1S/C19H22Cl2N2O2/c1-13(2)8-9-25-16-5-3-4-15(11-16)22-12-19(24)23-18-7-6-14(20)10-17(18)21/h3-7,10-11,13,22H,8-9,12H2,1-2H3,(H,23,24). The van der Waals surface area contributed by atoms with Gasteiger partial charge in [-0.3, -0.25) is 4.79 Å². The van der Waals surface area contributed by atoms with E-state index in [1.165, 1.54) is 0 Å². The quantitative estimate of drug-likeness (QED) is 0.638. The molecular weight excluding hydrogens is 359 g/mol. The van der Waals surface area contributed by atoms with E-state index in [0.717, 1.165) is 17.9 Å². The van der Waals surface area contributed by atoms with Crippen LogP contribution >= 0.6 is 23.2 Å². The minimum absolute atomic E-state index is 0.119. The molecule has 2 N–H and O–H groups in total. The number of carbonyl (C=O) groups is 1. The predicted octanol–water partition coefficient (Wildman–Crippen LogP) is 5.47. The SMILES string of the molecule is CC(C)CCOc1cccc(NCC(=O)Nc2ccc(Cl)cc2Cl)c1. The summed E-state index contributed by atoms with van der Waals surface area (Å²) in [7, 11) is 0. The number of carbonyl (C=O) groups excluding carboxylic acids is 1. The monoisotopic (exact) mass is 380 g/mol. The van der Waals surface area contributed by atoms with Crippen LogP contribution in [0.2, 0.25) is 10.0 Å². The highest BCUT2D eigenvalue weighted by molar-refractivity contribution is 6.36. The van der Waals surface area contributed by atoms with Crippen LogP contribution in [0.4, 0.5) is 11.4 Å². The Balaban J connectivity index is 1.84. The van der Waals surface area contributed by atoms with Gasteiger partial charge in [0.1, 0.15) is 5.75 Å². The number of ether oxygens (including phenoxy) is 1. The molecule has 0 aromatic heterocycles. The van der Waals surface area contributed by atoms with Gasteiger partial charge in [0.15, 0.2) is 0 Å². The molecule has 4 nitrogen and oxygen atoms in total. The fourth-order valence-electron chi connectivity index (χ4n) is 2.08. The molecule has 1 amide bonds. The molecule has 0 saturated heterocycles. The maximum Gasteiger partial charge on any atom is 0.243 e. The third-order valence-electron chi connectivity index (χ3n) is 3.46. The first-order chi connectivity index (χ1) is 11.9. The second kappa shape index (κ2) is 9.54. The van der Waals surface area contributed by atoms with E-state index in [1.807, 2.05) is 24.3 Å². The zero-order valence-corrected chi connectivity index (χ0v) is 15.8. The average Bonchev–Trinajstić information content (AvgIpc) is 2.56. The smallest absolute Gasteiger partial charge is 0.243 e. The van der Waals surface area contributed by atoms with Crippen molar-refractivity contribution in [2.24, 2.45) is 5.92 Å². The molecule has 6 heteroatoms. The van der Waals surface area contributed by atoms with Crippen molar-refractivity contribution in [3.05, 3.63) is 52.5 Å². The van der Waals surface area contributed by atoms with E-state index in [0.29, 0.717) is 28.3 Å². The first-order valence-corrected chi connectivity index (χ1v) is 8.91. The van der Waals surface area contributed by atoms with Crippen molar-refractivity contribution in [3.63, 3.8) is 0 Å². The third-order valence-corrected chi connectivity index (χ3v) is 4.00. The largest absolute Gasteiger partial charge is 0.494 e. The van der Waals surface area contributed by atoms with Crippen molar-refractivity contribution in [2.45, 2.75) is 20.3 Å². The number of hydrogen-bond donors (Lipinski definition) is 2. The minimum atomic E-state index is -0.199. The highest BCUT2D eigenvalue weighted by atomic mass is 35.5. The van der Waals surface area contributed by atoms with E-state index in [2.05, 4.69) is 24.5 Å². The number of nitrogens with one attached hydrogen (secondary N) is 2. The Labute approximate surface area is 158 Å². The van der Waals surface area contributed by atoms with Gasteiger partial charge in [-0.25, -0.2) is 0 Å². The zero-order valence-electron chi connectivity index (χ0n) is 14.3. The van der Waals surface area contributed by atoms with Gasteiger partial charge >= 0.3 is 0 Å². The van der Waals surface area contributed by atoms with Gasteiger partial charge in [0.2, 0.25) is 5.91 Å². The summed E-state index contributed by atoms with van der Waals surface area (Å²) in [6.07, 6.45) is 1.00. The van der Waals surface area contributed by atoms with Crippen LogP contribution in [0, 0.1) is 5.92 Å². The van der Waals surface area contributed by atoms with Gasteiger partial charge in [-0.2, -0.15) is 0 Å². The Bertz CT molecular complexity index is 720. The molecule has 0 aliphatic heterocycles.